The number of aliphatic hydroxyl groups excluding tert-OH is 1. The average molecular weight is 278 g/mol. The third kappa shape index (κ3) is 3.79. The highest BCUT2D eigenvalue weighted by atomic mass is 16.5. The maximum atomic E-state index is 12.3. The van der Waals surface area contributed by atoms with E-state index in [-0.39, 0.29) is 18.6 Å². The van der Waals surface area contributed by atoms with Gasteiger partial charge < -0.3 is 20.5 Å². The van der Waals surface area contributed by atoms with Crippen molar-refractivity contribution in [2.75, 3.05) is 26.3 Å². The summed E-state index contributed by atoms with van der Waals surface area (Å²) in [5.41, 5.74) is 7.28. The summed E-state index contributed by atoms with van der Waals surface area (Å²) < 4.78 is 5.49. The van der Waals surface area contributed by atoms with E-state index < -0.39 is 0 Å². The fourth-order valence-corrected chi connectivity index (χ4v) is 2.41. The highest BCUT2D eigenvalue weighted by Gasteiger charge is 2.23. The summed E-state index contributed by atoms with van der Waals surface area (Å²) in [7, 11) is 0. The molecule has 20 heavy (non-hydrogen) atoms. The van der Waals surface area contributed by atoms with E-state index in [1.165, 1.54) is 0 Å². The third-order valence-electron chi connectivity index (χ3n) is 3.61. The molecule has 1 amide bonds. The highest BCUT2D eigenvalue weighted by molar-refractivity contribution is 5.94. The lowest BCUT2D eigenvalue weighted by molar-refractivity contribution is -0.00554. The minimum absolute atomic E-state index is 0.0483. The van der Waals surface area contributed by atoms with Crippen LogP contribution in [0.3, 0.4) is 0 Å². The number of amides is 1. The topological polar surface area (TPSA) is 75.8 Å². The fraction of sp³-hybridized carbons (Fsp3) is 0.533. The van der Waals surface area contributed by atoms with Gasteiger partial charge in [-0.3, -0.25) is 4.79 Å². The molecule has 1 fully saturated rings. The molecule has 1 aliphatic rings. The van der Waals surface area contributed by atoms with Gasteiger partial charge in [0.25, 0.3) is 5.91 Å². The van der Waals surface area contributed by atoms with Gasteiger partial charge in [-0.2, -0.15) is 0 Å². The Morgan fingerprint density at radius 1 is 1.30 bits per heavy atom. The van der Waals surface area contributed by atoms with Crippen LogP contribution in [0.25, 0.3) is 0 Å². The van der Waals surface area contributed by atoms with Gasteiger partial charge in [-0.25, -0.2) is 0 Å². The van der Waals surface area contributed by atoms with E-state index in [0.29, 0.717) is 31.8 Å². The summed E-state index contributed by atoms with van der Waals surface area (Å²) in [5.74, 6) is 0.0641. The second-order valence-corrected chi connectivity index (χ2v) is 4.99. The van der Waals surface area contributed by atoms with E-state index in [9.17, 15) is 4.79 Å². The minimum Gasteiger partial charge on any atom is -0.394 e. The van der Waals surface area contributed by atoms with Gasteiger partial charge >= 0.3 is 0 Å². The van der Waals surface area contributed by atoms with Gasteiger partial charge in [-0.15, -0.1) is 0 Å². The van der Waals surface area contributed by atoms with Crippen molar-refractivity contribution in [3.8, 4) is 0 Å². The molecule has 110 valence electrons. The lowest BCUT2D eigenvalue weighted by Crippen LogP contribution is -2.41. The molecule has 1 aliphatic heterocycles. The predicted molar refractivity (Wildman–Crippen MR) is 76.3 cm³/mol. The molecule has 0 unspecified atom stereocenters. The molecular formula is C15H22N2O3. The number of carbonyl (C=O) groups excluding carboxylic acids is 1. The number of aliphatic hydroxyl groups is 1. The van der Waals surface area contributed by atoms with E-state index in [2.05, 4.69) is 0 Å². The lowest BCUT2D eigenvalue weighted by atomic mass is 10.1. The number of nitrogens with two attached hydrogens (primary N) is 1. The largest absolute Gasteiger partial charge is 0.394 e. The van der Waals surface area contributed by atoms with Gasteiger partial charge in [-0.1, -0.05) is 12.1 Å². The Morgan fingerprint density at radius 2 is 1.95 bits per heavy atom. The van der Waals surface area contributed by atoms with Crippen LogP contribution in [-0.2, 0) is 11.3 Å². The van der Waals surface area contributed by atoms with Crippen LogP contribution in [0.4, 0.5) is 0 Å². The first-order valence-electron chi connectivity index (χ1n) is 7.05. The summed E-state index contributed by atoms with van der Waals surface area (Å²) in [6.07, 6.45) is 1.81. The summed E-state index contributed by atoms with van der Waals surface area (Å²) >= 11 is 0. The van der Waals surface area contributed by atoms with E-state index in [4.69, 9.17) is 15.6 Å². The second-order valence-electron chi connectivity index (χ2n) is 4.99. The maximum absolute atomic E-state index is 12.3. The highest BCUT2D eigenvalue weighted by Crippen LogP contribution is 2.16. The van der Waals surface area contributed by atoms with Gasteiger partial charge in [0.15, 0.2) is 0 Å². The molecular weight excluding hydrogens is 256 g/mol. The number of hydrogen-bond acceptors (Lipinski definition) is 4. The Labute approximate surface area is 119 Å². The number of hydrogen-bond donors (Lipinski definition) is 2. The van der Waals surface area contributed by atoms with Crippen LogP contribution >= 0.6 is 0 Å². The molecule has 0 aromatic heterocycles. The normalized spacial score (nSPS) is 16.4. The van der Waals surface area contributed by atoms with Crippen LogP contribution in [0.2, 0.25) is 0 Å². The molecule has 5 heteroatoms. The van der Waals surface area contributed by atoms with Crippen molar-refractivity contribution in [1.82, 2.24) is 4.90 Å². The Hall–Kier alpha value is -1.43. The third-order valence-corrected chi connectivity index (χ3v) is 3.61. The number of ether oxygens (including phenoxy) is 1. The molecule has 1 aromatic carbocycles. The van der Waals surface area contributed by atoms with E-state index in [0.717, 1.165) is 18.4 Å². The quantitative estimate of drug-likeness (QED) is 0.833. The van der Waals surface area contributed by atoms with Crippen molar-refractivity contribution in [1.29, 1.82) is 0 Å². The number of nitrogens with zero attached hydrogens (tertiary/aromatic N) is 1. The fourth-order valence-electron chi connectivity index (χ4n) is 2.41. The molecule has 0 aliphatic carbocycles. The molecule has 3 N–H and O–H groups in total. The number of likely N-dealkylation sites (tertiary alicyclic amines) is 1. The van der Waals surface area contributed by atoms with Crippen molar-refractivity contribution in [3.63, 3.8) is 0 Å². The predicted octanol–water partition coefficient (Wildman–Crippen LogP) is 0.759. The average Bonchev–Trinajstić information content (AvgIpc) is 2.53. The number of rotatable bonds is 5. The SMILES string of the molecule is NCc1ccc(C(=O)N2CCC(OCCO)CC2)cc1. The van der Waals surface area contributed by atoms with E-state index in [1.807, 2.05) is 29.2 Å². The molecule has 5 nitrogen and oxygen atoms in total. The van der Waals surface area contributed by atoms with Gasteiger partial charge in [0.1, 0.15) is 0 Å². The maximum Gasteiger partial charge on any atom is 0.253 e. The minimum atomic E-state index is 0.0483. The molecule has 0 spiro atoms. The van der Waals surface area contributed by atoms with Gasteiger partial charge in [0, 0.05) is 25.2 Å². The summed E-state index contributed by atoms with van der Waals surface area (Å²) in [6.45, 7) is 2.31. The molecule has 2 rings (SSSR count). The number of benzene rings is 1. The zero-order valence-electron chi connectivity index (χ0n) is 11.6. The second kappa shape index (κ2) is 7.38. The Balaban J connectivity index is 1.87. The first kappa shape index (κ1) is 15.0. The van der Waals surface area contributed by atoms with Crippen molar-refractivity contribution in [3.05, 3.63) is 35.4 Å². The monoisotopic (exact) mass is 278 g/mol. The molecule has 1 aromatic rings. The molecule has 0 bridgehead atoms. The summed E-state index contributed by atoms with van der Waals surface area (Å²) in [4.78, 5) is 14.2. The van der Waals surface area contributed by atoms with Crippen LogP contribution in [0, 0.1) is 0 Å². The Kier molecular flexibility index (Phi) is 5.52. The first-order valence-corrected chi connectivity index (χ1v) is 7.05. The molecule has 1 heterocycles. The molecule has 1 saturated heterocycles. The summed E-state index contributed by atoms with van der Waals surface area (Å²) in [6, 6.07) is 7.45. The van der Waals surface area contributed by atoms with Crippen molar-refractivity contribution < 1.29 is 14.6 Å². The van der Waals surface area contributed by atoms with Crippen LogP contribution in [-0.4, -0.2) is 48.3 Å². The standard InChI is InChI=1S/C15H22N2O3/c16-11-12-1-3-13(4-2-12)15(19)17-7-5-14(6-8-17)20-10-9-18/h1-4,14,18H,5-11,16H2. The molecule has 0 saturated carbocycles. The van der Waals surface area contributed by atoms with E-state index in [1.54, 1.807) is 0 Å². The zero-order chi connectivity index (χ0) is 14.4. The lowest BCUT2D eigenvalue weighted by Gasteiger charge is -2.32. The van der Waals surface area contributed by atoms with Crippen molar-refractivity contribution in [2.24, 2.45) is 5.73 Å². The molecule has 0 radical (unpaired) electrons. The van der Waals surface area contributed by atoms with Crippen molar-refractivity contribution in [2.45, 2.75) is 25.5 Å². The zero-order valence-corrected chi connectivity index (χ0v) is 11.6. The van der Waals surface area contributed by atoms with Gasteiger partial charge in [0.2, 0.25) is 0 Å². The summed E-state index contributed by atoms with van der Waals surface area (Å²) in [5, 5.41) is 8.73. The van der Waals surface area contributed by atoms with Crippen molar-refractivity contribution >= 4 is 5.91 Å². The smallest absolute Gasteiger partial charge is 0.253 e. The van der Waals surface area contributed by atoms with Gasteiger partial charge in [-0.05, 0) is 30.5 Å². The molecule has 0 atom stereocenters. The Bertz CT molecular complexity index is 425. The number of piperidine rings is 1. The van der Waals surface area contributed by atoms with Gasteiger partial charge in [0.05, 0.1) is 19.3 Å². The first-order chi connectivity index (χ1) is 9.74. The van der Waals surface area contributed by atoms with Crippen LogP contribution < -0.4 is 5.73 Å². The van der Waals surface area contributed by atoms with E-state index >= 15 is 0 Å². The number of carbonyl (C=O) groups is 1. The van der Waals surface area contributed by atoms with Crippen LogP contribution in [0.1, 0.15) is 28.8 Å². The van der Waals surface area contributed by atoms with Crippen LogP contribution in [0.15, 0.2) is 24.3 Å². The van der Waals surface area contributed by atoms with Crippen LogP contribution in [0.5, 0.6) is 0 Å². The Morgan fingerprint density at radius 3 is 2.50 bits per heavy atom.